The molecule has 4 atom stereocenters. The summed E-state index contributed by atoms with van der Waals surface area (Å²) in [6, 6.07) is 4.64. The van der Waals surface area contributed by atoms with Gasteiger partial charge in [0.25, 0.3) is 10.1 Å². The van der Waals surface area contributed by atoms with Crippen molar-refractivity contribution in [3.63, 3.8) is 0 Å². The van der Waals surface area contributed by atoms with Crippen molar-refractivity contribution in [1.82, 2.24) is 16.0 Å². The molecule has 0 bridgehead atoms. The maximum atomic E-state index is 13.1. The van der Waals surface area contributed by atoms with Crippen LogP contribution in [0.2, 0.25) is 5.02 Å². The number of rotatable bonds is 13. The maximum absolute atomic E-state index is 13.1. The van der Waals surface area contributed by atoms with Crippen molar-refractivity contribution in [3.05, 3.63) is 29.3 Å². The Morgan fingerprint density at radius 2 is 1.97 bits per heavy atom. The van der Waals surface area contributed by atoms with E-state index in [1.807, 2.05) is 39.8 Å². The van der Waals surface area contributed by atoms with Crippen LogP contribution >= 0.6 is 23.4 Å². The van der Waals surface area contributed by atoms with Crippen molar-refractivity contribution < 1.29 is 37.2 Å². The molecule has 1 fully saturated rings. The Bertz CT molecular complexity index is 1100. The summed E-state index contributed by atoms with van der Waals surface area (Å²) in [5, 5.41) is 18.3. The summed E-state index contributed by atoms with van der Waals surface area (Å²) < 4.78 is 37.5. The highest BCUT2D eigenvalue weighted by atomic mass is 35.5. The molecule has 0 spiro atoms. The van der Waals surface area contributed by atoms with Crippen LogP contribution in [0.5, 0.6) is 0 Å². The fourth-order valence-electron chi connectivity index (χ4n) is 3.92. The fourth-order valence-corrected chi connectivity index (χ4v) is 5.86. The van der Waals surface area contributed by atoms with E-state index in [0.29, 0.717) is 18.0 Å². The number of amides is 3. The summed E-state index contributed by atoms with van der Waals surface area (Å²) in [4.78, 5) is 38.6. The average molecular weight is 594 g/mol. The number of carbonyl (C=O) groups excluding carboxylic acids is 3. The van der Waals surface area contributed by atoms with Gasteiger partial charge in [0.1, 0.15) is 12.6 Å². The minimum absolute atomic E-state index is 0.00686. The van der Waals surface area contributed by atoms with E-state index < -0.39 is 50.3 Å². The van der Waals surface area contributed by atoms with Gasteiger partial charge in [-0.3, -0.25) is 14.1 Å². The predicted octanol–water partition coefficient (Wildman–Crippen LogP) is 2.57. The number of benzene rings is 1. The Morgan fingerprint density at radius 3 is 2.53 bits per heavy atom. The van der Waals surface area contributed by atoms with Crippen LogP contribution in [0.1, 0.15) is 47.0 Å². The molecule has 1 aromatic rings. The predicted molar refractivity (Wildman–Crippen MR) is 144 cm³/mol. The second kappa shape index (κ2) is 13.8. The zero-order valence-corrected chi connectivity index (χ0v) is 24.2. The van der Waals surface area contributed by atoms with E-state index in [2.05, 4.69) is 16.0 Å². The van der Waals surface area contributed by atoms with Gasteiger partial charge in [-0.25, -0.2) is 4.79 Å². The lowest BCUT2D eigenvalue weighted by atomic mass is 9.97. The van der Waals surface area contributed by atoms with Gasteiger partial charge in [-0.15, -0.1) is 11.8 Å². The number of aliphatic hydroxyl groups excluding tert-OH is 1. The molecule has 38 heavy (non-hydrogen) atoms. The normalized spacial score (nSPS) is 18.4. The van der Waals surface area contributed by atoms with Crippen LogP contribution in [0, 0.1) is 11.8 Å². The average Bonchev–Trinajstić information content (AvgIpc) is 3.19. The van der Waals surface area contributed by atoms with Crippen LogP contribution in [-0.4, -0.2) is 71.4 Å². The molecule has 0 unspecified atom stereocenters. The van der Waals surface area contributed by atoms with Gasteiger partial charge in [0.2, 0.25) is 17.3 Å². The van der Waals surface area contributed by atoms with E-state index in [1.54, 1.807) is 12.1 Å². The highest BCUT2D eigenvalue weighted by Crippen LogP contribution is 2.33. The second-order valence-corrected chi connectivity index (χ2v) is 14.0. The number of ether oxygens (including phenoxy) is 1. The largest absolute Gasteiger partial charge is 0.448 e. The molecule has 1 heterocycles. The van der Waals surface area contributed by atoms with E-state index >= 15 is 0 Å². The molecule has 0 aromatic heterocycles. The molecule has 1 aliphatic rings. The molecule has 0 radical (unpaired) electrons. The molecule has 214 valence electrons. The minimum Gasteiger partial charge on any atom is -0.448 e. The van der Waals surface area contributed by atoms with Gasteiger partial charge < -0.3 is 25.8 Å². The van der Waals surface area contributed by atoms with Gasteiger partial charge in [0.15, 0.2) is 0 Å². The summed E-state index contributed by atoms with van der Waals surface area (Å²) >= 11 is 7.49. The SMILES string of the molecule is CC(C)C[C@H](NC(=O)OCC(C)(C)Sc1cccc(Cl)c1)C(=O)N[C@@H](C[C@@H]1CCNC1=O)[C@H](O)S(=O)(=O)O. The van der Waals surface area contributed by atoms with E-state index in [9.17, 15) is 32.5 Å². The first kappa shape index (κ1) is 32.2. The lowest BCUT2D eigenvalue weighted by molar-refractivity contribution is -0.126. The Morgan fingerprint density at radius 1 is 1.29 bits per heavy atom. The van der Waals surface area contributed by atoms with Crippen LogP contribution in [0.25, 0.3) is 0 Å². The van der Waals surface area contributed by atoms with Crippen molar-refractivity contribution in [2.45, 2.75) is 74.1 Å². The molecule has 2 rings (SSSR count). The molecular formula is C24H36ClN3O8S2. The third kappa shape index (κ3) is 10.6. The van der Waals surface area contributed by atoms with E-state index in [-0.39, 0.29) is 31.3 Å². The lowest BCUT2D eigenvalue weighted by Crippen LogP contribution is -2.55. The highest BCUT2D eigenvalue weighted by molar-refractivity contribution is 8.00. The van der Waals surface area contributed by atoms with E-state index in [0.717, 1.165) is 4.90 Å². The standard InChI is InChI=1S/C24H36ClN3O8S2/c1-14(2)10-18(28-23(32)36-13-24(3,4)37-17-7-5-6-16(25)12-17)21(30)27-19(22(31)38(33,34)35)11-15-8-9-26-20(15)29/h5-7,12,14-15,18-19,22,31H,8-11,13H2,1-4H3,(H,26,29)(H,27,30)(H,28,32)(H,33,34,35)/t15-,18-,19-,22+/m0/s1. The quantitative estimate of drug-likeness (QED) is 0.170. The maximum Gasteiger partial charge on any atom is 0.407 e. The number of nitrogens with one attached hydrogen (secondary N) is 3. The monoisotopic (exact) mass is 593 g/mol. The number of alkyl carbamates (subject to hydrolysis) is 1. The second-order valence-electron chi connectivity index (χ2n) is 10.3. The van der Waals surface area contributed by atoms with Crippen LogP contribution in [0.4, 0.5) is 4.79 Å². The summed E-state index contributed by atoms with van der Waals surface area (Å²) in [5.41, 5.74) is -2.35. The number of carbonyl (C=O) groups is 3. The zero-order chi connectivity index (χ0) is 28.7. The summed E-state index contributed by atoms with van der Waals surface area (Å²) in [5.74, 6) is -1.83. The number of aliphatic hydroxyl groups is 1. The smallest absolute Gasteiger partial charge is 0.407 e. The first-order valence-corrected chi connectivity index (χ1v) is 14.9. The first-order valence-electron chi connectivity index (χ1n) is 12.2. The number of hydrogen-bond acceptors (Lipinski definition) is 8. The molecule has 1 aromatic carbocycles. The molecule has 1 aliphatic heterocycles. The Balaban J connectivity index is 2.06. The number of thioether (sulfide) groups is 1. The third-order valence-electron chi connectivity index (χ3n) is 5.74. The van der Waals surface area contributed by atoms with Gasteiger partial charge in [-0.05, 0) is 57.2 Å². The Kier molecular flexibility index (Phi) is 11.7. The van der Waals surface area contributed by atoms with Gasteiger partial charge in [0.05, 0.1) is 6.04 Å². The molecule has 0 saturated carbocycles. The van der Waals surface area contributed by atoms with E-state index in [4.69, 9.17) is 16.3 Å². The molecule has 0 aliphatic carbocycles. The summed E-state index contributed by atoms with van der Waals surface area (Å²) in [6.07, 6.45) is -0.508. The molecule has 5 N–H and O–H groups in total. The van der Waals surface area contributed by atoms with Crippen molar-refractivity contribution in [2.24, 2.45) is 11.8 Å². The molecule has 1 saturated heterocycles. The van der Waals surface area contributed by atoms with Gasteiger partial charge >= 0.3 is 6.09 Å². The Hall–Kier alpha value is -2.06. The van der Waals surface area contributed by atoms with Gasteiger partial charge in [-0.1, -0.05) is 31.5 Å². The van der Waals surface area contributed by atoms with Gasteiger partial charge in [-0.2, -0.15) is 8.42 Å². The van der Waals surface area contributed by atoms with E-state index in [1.165, 1.54) is 11.8 Å². The molecule has 14 heteroatoms. The fraction of sp³-hybridized carbons (Fsp3) is 0.625. The van der Waals surface area contributed by atoms with Crippen molar-refractivity contribution in [2.75, 3.05) is 13.2 Å². The lowest BCUT2D eigenvalue weighted by Gasteiger charge is -2.28. The highest BCUT2D eigenvalue weighted by Gasteiger charge is 2.38. The topological polar surface area (TPSA) is 171 Å². The first-order chi connectivity index (χ1) is 17.6. The number of hydrogen-bond donors (Lipinski definition) is 5. The van der Waals surface area contributed by atoms with Crippen LogP contribution < -0.4 is 16.0 Å². The van der Waals surface area contributed by atoms with Crippen LogP contribution in [0.3, 0.4) is 0 Å². The van der Waals surface area contributed by atoms with Crippen LogP contribution in [-0.2, 0) is 24.4 Å². The van der Waals surface area contributed by atoms with Crippen molar-refractivity contribution >= 4 is 51.4 Å². The molecular weight excluding hydrogens is 558 g/mol. The van der Waals surface area contributed by atoms with Crippen molar-refractivity contribution in [1.29, 1.82) is 0 Å². The molecule has 11 nitrogen and oxygen atoms in total. The van der Waals surface area contributed by atoms with Crippen molar-refractivity contribution in [3.8, 4) is 0 Å². The minimum atomic E-state index is -4.95. The Labute approximate surface area is 232 Å². The zero-order valence-electron chi connectivity index (χ0n) is 21.8. The molecule has 3 amide bonds. The third-order valence-corrected chi connectivity index (χ3v) is 8.07. The summed E-state index contributed by atoms with van der Waals surface area (Å²) in [6.45, 7) is 7.79. The number of halogens is 1. The summed E-state index contributed by atoms with van der Waals surface area (Å²) in [7, 11) is -4.95. The van der Waals surface area contributed by atoms with Crippen LogP contribution in [0.15, 0.2) is 29.2 Å². The van der Waals surface area contributed by atoms with Gasteiger partial charge in [0, 0.05) is 27.1 Å².